The number of benzene rings is 2. The van der Waals surface area contributed by atoms with Crippen molar-refractivity contribution in [2.45, 2.75) is 19.8 Å². The van der Waals surface area contributed by atoms with Crippen LogP contribution in [0.3, 0.4) is 0 Å². The second kappa shape index (κ2) is 6.77. The Balaban J connectivity index is 1.59. The van der Waals surface area contributed by atoms with Gasteiger partial charge in [-0.25, -0.2) is 0 Å². The second-order valence-corrected chi connectivity index (χ2v) is 5.89. The van der Waals surface area contributed by atoms with Crippen molar-refractivity contribution in [2.75, 3.05) is 19.7 Å². The molecule has 110 valence electrons. The Morgan fingerprint density at radius 1 is 0.905 bits per heavy atom. The summed E-state index contributed by atoms with van der Waals surface area (Å²) >= 11 is 0. The molecule has 1 aliphatic rings. The summed E-state index contributed by atoms with van der Waals surface area (Å²) in [5.74, 6) is 1.67. The summed E-state index contributed by atoms with van der Waals surface area (Å²) in [6, 6.07) is 17.1. The monoisotopic (exact) mass is 281 g/mol. The minimum atomic E-state index is 0.697. The highest BCUT2D eigenvalue weighted by Gasteiger charge is 2.13. The van der Waals surface area contributed by atoms with E-state index in [1.807, 2.05) is 0 Å². The lowest BCUT2D eigenvalue weighted by Gasteiger charge is -2.22. The summed E-state index contributed by atoms with van der Waals surface area (Å²) in [6.45, 7) is 5.20. The topological polar surface area (TPSA) is 21.3 Å². The molecule has 2 aromatic carbocycles. The first-order valence-corrected chi connectivity index (χ1v) is 7.82. The van der Waals surface area contributed by atoms with Gasteiger partial charge in [-0.05, 0) is 62.0 Å². The summed E-state index contributed by atoms with van der Waals surface area (Å²) in [4.78, 5) is 0. The van der Waals surface area contributed by atoms with Gasteiger partial charge in [0.05, 0.1) is 6.61 Å². The van der Waals surface area contributed by atoms with E-state index in [2.05, 4.69) is 60.8 Å². The average Bonchev–Trinajstić information content (AvgIpc) is 2.55. The Morgan fingerprint density at radius 2 is 1.48 bits per heavy atom. The molecule has 2 heteroatoms. The molecule has 2 nitrogen and oxygen atoms in total. The van der Waals surface area contributed by atoms with E-state index in [0.717, 1.165) is 25.4 Å². The smallest absolute Gasteiger partial charge is 0.119 e. The fourth-order valence-electron chi connectivity index (χ4n) is 2.75. The maximum absolute atomic E-state index is 5.93. The van der Waals surface area contributed by atoms with Crippen LogP contribution in [-0.4, -0.2) is 19.7 Å². The molecule has 2 aromatic rings. The Kier molecular flexibility index (Phi) is 4.56. The van der Waals surface area contributed by atoms with Crippen molar-refractivity contribution in [1.29, 1.82) is 0 Å². The van der Waals surface area contributed by atoms with Crippen LogP contribution in [0.25, 0.3) is 11.1 Å². The van der Waals surface area contributed by atoms with Crippen LogP contribution in [0.4, 0.5) is 0 Å². The fraction of sp³-hybridized carbons (Fsp3) is 0.368. The van der Waals surface area contributed by atoms with Crippen molar-refractivity contribution in [3.63, 3.8) is 0 Å². The van der Waals surface area contributed by atoms with E-state index in [-0.39, 0.29) is 0 Å². The average molecular weight is 281 g/mol. The number of hydrogen-bond donors (Lipinski definition) is 1. The number of nitrogens with one attached hydrogen (secondary N) is 1. The zero-order valence-electron chi connectivity index (χ0n) is 12.6. The lowest BCUT2D eigenvalue weighted by Crippen LogP contribution is -2.30. The maximum atomic E-state index is 5.93. The van der Waals surface area contributed by atoms with Crippen molar-refractivity contribution in [1.82, 2.24) is 5.32 Å². The summed E-state index contributed by atoms with van der Waals surface area (Å²) in [6.07, 6.45) is 2.45. The van der Waals surface area contributed by atoms with Crippen molar-refractivity contribution < 1.29 is 4.74 Å². The molecular formula is C19H23NO. The van der Waals surface area contributed by atoms with Crippen LogP contribution in [-0.2, 0) is 0 Å². The maximum Gasteiger partial charge on any atom is 0.119 e. The molecule has 1 aliphatic heterocycles. The molecule has 0 aliphatic carbocycles. The summed E-state index contributed by atoms with van der Waals surface area (Å²) in [5.41, 5.74) is 3.79. The van der Waals surface area contributed by atoms with Crippen molar-refractivity contribution in [3.8, 4) is 16.9 Å². The first-order valence-electron chi connectivity index (χ1n) is 7.82. The van der Waals surface area contributed by atoms with Crippen molar-refractivity contribution >= 4 is 0 Å². The van der Waals surface area contributed by atoms with Gasteiger partial charge in [0.1, 0.15) is 5.75 Å². The van der Waals surface area contributed by atoms with Gasteiger partial charge in [-0.3, -0.25) is 0 Å². The van der Waals surface area contributed by atoms with E-state index in [0.29, 0.717) is 5.92 Å². The van der Waals surface area contributed by atoms with Crippen LogP contribution in [0.5, 0.6) is 5.75 Å². The first-order chi connectivity index (χ1) is 10.3. The molecule has 0 saturated carbocycles. The molecule has 21 heavy (non-hydrogen) atoms. The second-order valence-electron chi connectivity index (χ2n) is 5.89. The van der Waals surface area contributed by atoms with Gasteiger partial charge in [0.2, 0.25) is 0 Å². The summed E-state index contributed by atoms with van der Waals surface area (Å²) in [5, 5.41) is 3.39. The van der Waals surface area contributed by atoms with E-state index < -0.39 is 0 Å². The van der Waals surface area contributed by atoms with Crippen molar-refractivity contribution in [3.05, 3.63) is 54.1 Å². The highest BCUT2D eigenvalue weighted by atomic mass is 16.5. The minimum absolute atomic E-state index is 0.697. The highest BCUT2D eigenvalue weighted by Crippen LogP contribution is 2.23. The molecule has 1 heterocycles. The third-order valence-corrected chi connectivity index (χ3v) is 4.18. The van der Waals surface area contributed by atoms with Gasteiger partial charge in [-0.1, -0.05) is 42.0 Å². The molecular weight excluding hydrogens is 258 g/mol. The molecule has 0 atom stereocenters. The van der Waals surface area contributed by atoms with E-state index >= 15 is 0 Å². The number of ether oxygens (including phenoxy) is 1. The SMILES string of the molecule is Cc1ccc(-c2ccc(OCC3CCNCC3)cc2)cc1. The van der Waals surface area contributed by atoms with Gasteiger partial charge < -0.3 is 10.1 Å². The molecule has 0 unspecified atom stereocenters. The standard InChI is InChI=1S/C19H23NO/c1-15-2-4-17(5-3-15)18-6-8-19(9-7-18)21-14-16-10-12-20-13-11-16/h2-9,16,20H,10-14H2,1H3. The lowest BCUT2D eigenvalue weighted by atomic mass is 9.99. The fourth-order valence-corrected chi connectivity index (χ4v) is 2.75. The van der Waals surface area contributed by atoms with E-state index in [9.17, 15) is 0 Å². The number of rotatable bonds is 4. The molecule has 0 bridgehead atoms. The Hall–Kier alpha value is -1.80. The quantitative estimate of drug-likeness (QED) is 0.913. The third-order valence-electron chi connectivity index (χ3n) is 4.18. The first kappa shape index (κ1) is 14.2. The molecule has 3 rings (SSSR count). The molecule has 0 amide bonds. The van der Waals surface area contributed by atoms with E-state index in [4.69, 9.17) is 4.74 Å². The lowest BCUT2D eigenvalue weighted by molar-refractivity contribution is 0.215. The third kappa shape index (κ3) is 3.85. The summed E-state index contributed by atoms with van der Waals surface area (Å²) < 4.78 is 5.93. The van der Waals surface area contributed by atoms with Crippen LogP contribution in [0, 0.1) is 12.8 Å². The largest absolute Gasteiger partial charge is 0.493 e. The normalized spacial score (nSPS) is 15.9. The van der Waals surface area contributed by atoms with Gasteiger partial charge in [0, 0.05) is 0 Å². The molecule has 1 saturated heterocycles. The van der Waals surface area contributed by atoms with Gasteiger partial charge in [0.25, 0.3) is 0 Å². The Bertz CT molecular complexity index is 553. The predicted octanol–water partition coefficient (Wildman–Crippen LogP) is 4.04. The van der Waals surface area contributed by atoms with E-state index in [1.54, 1.807) is 0 Å². The molecule has 1 N–H and O–H groups in total. The molecule has 1 fully saturated rings. The number of piperidine rings is 1. The predicted molar refractivity (Wildman–Crippen MR) is 87.7 cm³/mol. The molecule has 0 radical (unpaired) electrons. The minimum Gasteiger partial charge on any atom is -0.493 e. The van der Waals surface area contributed by atoms with Gasteiger partial charge in [-0.15, -0.1) is 0 Å². The zero-order valence-corrected chi connectivity index (χ0v) is 12.6. The zero-order chi connectivity index (χ0) is 14.5. The van der Waals surface area contributed by atoms with Crippen LogP contribution in [0.2, 0.25) is 0 Å². The molecule has 0 aromatic heterocycles. The van der Waals surface area contributed by atoms with Crippen LogP contribution in [0.15, 0.2) is 48.5 Å². The molecule has 0 spiro atoms. The Morgan fingerprint density at radius 3 is 2.10 bits per heavy atom. The van der Waals surface area contributed by atoms with Crippen LogP contribution < -0.4 is 10.1 Å². The van der Waals surface area contributed by atoms with Gasteiger partial charge in [0.15, 0.2) is 0 Å². The van der Waals surface area contributed by atoms with Gasteiger partial charge >= 0.3 is 0 Å². The van der Waals surface area contributed by atoms with Gasteiger partial charge in [-0.2, -0.15) is 0 Å². The number of hydrogen-bond acceptors (Lipinski definition) is 2. The summed E-state index contributed by atoms with van der Waals surface area (Å²) in [7, 11) is 0. The van der Waals surface area contributed by atoms with Crippen LogP contribution >= 0.6 is 0 Å². The Labute approximate surface area is 127 Å². The number of aryl methyl sites for hydroxylation is 1. The highest BCUT2D eigenvalue weighted by molar-refractivity contribution is 5.64. The van der Waals surface area contributed by atoms with Crippen molar-refractivity contribution in [2.24, 2.45) is 5.92 Å². The van der Waals surface area contributed by atoms with Crippen LogP contribution in [0.1, 0.15) is 18.4 Å². The van der Waals surface area contributed by atoms with E-state index in [1.165, 1.54) is 29.5 Å².